The van der Waals surface area contributed by atoms with E-state index in [1.54, 1.807) is 6.07 Å². The van der Waals surface area contributed by atoms with Crippen LogP contribution in [0, 0.1) is 0 Å². The lowest BCUT2D eigenvalue weighted by Crippen LogP contribution is -2.25. The van der Waals surface area contributed by atoms with Crippen LogP contribution in [-0.2, 0) is 6.42 Å². The van der Waals surface area contributed by atoms with E-state index >= 15 is 0 Å². The number of nitrogens with zero attached hydrogens (tertiary/aromatic N) is 2. The van der Waals surface area contributed by atoms with E-state index in [1.807, 2.05) is 24.3 Å². The number of rotatable bonds is 5. The smallest absolute Gasteiger partial charge is 0.337 e. The second-order valence-corrected chi connectivity index (χ2v) is 7.10. The lowest BCUT2D eigenvalue weighted by Gasteiger charge is -2.19. The number of aromatic carboxylic acids is 1. The molecule has 2 heterocycles. The van der Waals surface area contributed by atoms with Crippen molar-refractivity contribution in [3.8, 4) is 5.75 Å². The van der Waals surface area contributed by atoms with Crippen molar-refractivity contribution in [2.24, 2.45) is 0 Å². The number of carboxylic acid groups (broad SMARTS) is 1. The zero-order valence-electron chi connectivity index (χ0n) is 16.2. The van der Waals surface area contributed by atoms with Crippen molar-refractivity contribution >= 4 is 23.3 Å². The summed E-state index contributed by atoms with van der Waals surface area (Å²) in [5, 5.41) is 9.21. The second kappa shape index (κ2) is 7.91. The molecule has 0 fully saturated rings. The van der Waals surface area contributed by atoms with Crippen LogP contribution in [0.25, 0.3) is 17.3 Å². The van der Waals surface area contributed by atoms with Crippen LogP contribution in [0.5, 0.6) is 5.75 Å². The van der Waals surface area contributed by atoms with Gasteiger partial charge in [0.05, 0.1) is 17.9 Å². The van der Waals surface area contributed by atoms with Gasteiger partial charge < -0.3 is 9.84 Å². The van der Waals surface area contributed by atoms with E-state index in [4.69, 9.17) is 9.72 Å². The van der Waals surface area contributed by atoms with Gasteiger partial charge in [-0.25, -0.2) is 9.78 Å². The maximum Gasteiger partial charge on any atom is 0.337 e. The zero-order chi connectivity index (χ0) is 20.4. The number of benzene rings is 1. The van der Waals surface area contributed by atoms with Gasteiger partial charge in [-0.05, 0) is 55.5 Å². The molecule has 6 heteroatoms. The number of allylic oxidation sites excluding steroid dienone is 1. The van der Waals surface area contributed by atoms with Crippen molar-refractivity contribution in [2.75, 3.05) is 6.61 Å². The van der Waals surface area contributed by atoms with Crippen LogP contribution < -0.4 is 10.3 Å². The normalized spacial score (nSPS) is 14.7. The minimum Gasteiger partial charge on any atom is -0.493 e. The maximum atomic E-state index is 13.0. The Bertz CT molecular complexity index is 1180. The first kappa shape index (κ1) is 18.9. The van der Waals surface area contributed by atoms with Crippen LogP contribution in [0.2, 0.25) is 0 Å². The summed E-state index contributed by atoms with van der Waals surface area (Å²) in [6.07, 6.45) is 6.63. The average molecular weight is 390 g/mol. The van der Waals surface area contributed by atoms with E-state index in [2.05, 4.69) is 13.0 Å². The fourth-order valence-electron chi connectivity index (χ4n) is 3.64. The first-order chi connectivity index (χ1) is 14.1. The number of ether oxygens (including phenoxy) is 1. The van der Waals surface area contributed by atoms with E-state index in [0.717, 1.165) is 36.1 Å². The molecule has 29 heavy (non-hydrogen) atoms. The number of carboxylic acids is 1. The van der Waals surface area contributed by atoms with Crippen molar-refractivity contribution in [2.45, 2.75) is 32.6 Å². The van der Waals surface area contributed by atoms with E-state index < -0.39 is 5.97 Å². The molecular formula is C23H22N2O4. The Hall–Kier alpha value is -3.41. The van der Waals surface area contributed by atoms with Gasteiger partial charge in [-0.3, -0.25) is 9.20 Å². The lowest BCUT2D eigenvalue weighted by molar-refractivity contribution is 0.0696. The fraction of sp³-hybridized carbons (Fsp3) is 0.261. The van der Waals surface area contributed by atoms with Crippen molar-refractivity contribution < 1.29 is 14.6 Å². The largest absolute Gasteiger partial charge is 0.493 e. The molecule has 0 saturated heterocycles. The highest BCUT2D eigenvalue weighted by Crippen LogP contribution is 2.32. The highest BCUT2D eigenvalue weighted by atomic mass is 16.5. The van der Waals surface area contributed by atoms with Crippen LogP contribution in [-0.4, -0.2) is 27.1 Å². The quantitative estimate of drug-likeness (QED) is 0.711. The Morgan fingerprint density at radius 2 is 2.07 bits per heavy atom. The number of hydrogen-bond acceptors (Lipinski definition) is 4. The Kier molecular flexibility index (Phi) is 5.16. The van der Waals surface area contributed by atoms with Crippen molar-refractivity contribution in [1.82, 2.24) is 9.38 Å². The van der Waals surface area contributed by atoms with Gasteiger partial charge in [0.25, 0.3) is 5.56 Å². The molecule has 4 rings (SSSR count). The molecule has 0 spiro atoms. The third kappa shape index (κ3) is 3.66. The van der Waals surface area contributed by atoms with Crippen LogP contribution in [0.4, 0.5) is 0 Å². The van der Waals surface area contributed by atoms with Crippen LogP contribution in [0.3, 0.4) is 0 Å². The number of pyridine rings is 1. The Labute approximate surface area is 168 Å². The van der Waals surface area contributed by atoms with Crippen molar-refractivity contribution in [3.63, 3.8) is 0 Å². The van der Waals surface area contributed by atoms with Crippen LogP contribution >= 0.6 is 0 Å². The summed E-state index contributed by atoms with van der Waals surface area (Å²) in [6.45, 7) is 2.71. The van der Waals surface area contributed by atoms with Gasteiger partial charge in [0, 0.05) is 17.3 Å². The van der Waals surface area contributed by atoms with Crippen LogP contribution in [0.15, 0.2) is 47.4 Å². The molecule has 0 atom stereocenters. The van der Waals surface area contributed by atoms with Gasteiger partial charge in [-0.1, -0.05) is 25.1 Å². The number of para-hydroxylation sites is 1. The summed E-state index contributed by atoms with van der Waals surface area (Å²) in [7, 11) is 0. The van der Waals surface area contributed by atoms with Gasteiger partial charge in [0.2, 0.25) is 0 Å². The molecule has 0 bridgehead atoms. The predicted octanol–water partition coefficient (Wildman–Crippen LogP) is 4.06. The third-order valence-electron chi connectivity index (χ3n) is 5.05. The molecule has 0 aliphatic heterocycles. The summed E-state index contributed by atoms with van der Waals surface area (Å²) >= 11 is 0. The SMILES string of the molecule is CCCOc1ccccc1C=C1CCCc2c1nc1ccc(C(=O)O)cn1c2=O. The molecule has 148 valence electrons. The Morgan fingerprint density at radius 1 is 1.24 bits per heavy atom. The summed E-state index contributed by atoms with van der Waals surface area (Å²) in [5.41, 5.74) is 3.61. The molecule has 0 radical (unpaired) electrons. The third-order valence-corrected chi connectivity index (χ3v) is 5.05. The van der Waals surface area contributed by atoms with Gasteiger partial charge in [-0.15, -0.1) is 0 Å². The van der Waals surface area contributed by atoms with Crippen molar-refractivity contribution in [1.29, 1.82) is 0 Å². The van der Waals surface area contributed by atoms with E-state index in [1.165, 1.54) is 16.7 Å². The molecule has 0 unspecified atom stereocenters. The molecule has 3 aromatic rings. The Balaban J connectivity index is 1.84. The Morgan fingerprint density at radius 3 is 2.86 bits per heavy atom. The van der Waals surface area contributed by atoms with Gasteiger partial charge in [-0.2, -0.15) is 0 Å². The minimum absolute atomic E-state index is 0.0647. The van der Waals surface area contributed by atoms with E-state index in [9.17, 15) is 14.7 Å². The molecule has 1 aromatic carbocycles. The maximum absolute atomic E-state index is 13.0. The van der Waals surface area contributed by atoms with Crippen LogP contribution in [0.1, 0.15) is 53.4 Å². The van der Waals surface area contributed by atoms with E-state index in [-0.39, 0.29) is 11.1 Å². The molecule has 0 saturated carbocycles. The topological polar surface area (TPSA) is 80.9 Å². The van der Waals surface area contributed by atoms with E-state index in [0.29, 0.717) is 29.9 Å². The summed E-state index contributed by atoms with van der Waals surface area (Å²) < 4.78 is 7.20. The van der Waals surface area contributed by atoms with Gasteiger partial charge >= 0.3 is 5.97 Å². The molecule has 6 nitrogen and oxygen atoms in total. The first-order valence-corrected chi connectivity index (χ1v) is 9.80. The number of hydrogen-bond donors (Lipinski definition) is 1. The minimum atomic E-state index is -1.07. The predicted molar refractivity (Wildman–Crippen MR) is 111 cm³/mol. The van der Waals surface area contributed by atoms with Gasteiger partial charge in [0.1, 0.15) is 11.4 Å². The lowest BCUT2D eigenvalue weighted by atomic mass is 9.90. The highest BCUT2D eigenvalue weighted by Gasteiger charge is 2.21. The zero-order valence-corrected chi connectivity index (χ0v) is 16.2. The fourth-order valence-corrected chi connectivity index (χ4v) is 3.64. The van der Waals surface area contributed by atoms with Gasteiger partial charge in [0.15, 0.2) is 0 Å². The number of aromatic nitrogens is 2. The standard InChI is InChI=1S/C23H22N2O4/c1-2-12-29-19-9-4-3-6-15(19)13-16-7-5-8-18-21(16)24-20-11-10-17(23(27)28)14-25(20)22(18)26/h3-4,6,9-11,13-14H,2,5,7-8,12H2,1H3,(H,27,28). The summed E-state index contributed by atoms with van der Waals surface area (Å²) in [4.78, 5) is 29.0. The second-order valence-electron chi connectivity index (χ2n) is 7.10. The monoisotopic (exact) mass is 390 g/mol. The summed E-state index contributed by atoms with van der Waals surface area (Å²) in [6, 6.07) is 10.9. The average Bonchev–Trinajstić information content (AvgIpc) is 2.73. The molecular weight excluding hydrogens is 368 g/mol. The molecule has 1 aliphatic carbocycles. The highest BCUT2D eigenvalue weighted by molar-refractivity contribution is 5.88. The molecule has 1 aliphatic rings. The first-order valence-electron chi connectivity index (χ1n) is 9.80. The summed E-state index contributed by atoms with van der Waals surface area (Å²) in [5.74, 6) is -0.252. The molecule has 2 aromatic heterocycles. The number of carbonyl (C=O) groups is 1. The van der Waals surface area contributed by atoms with Crippen molar-refractivity contribution in [3.05, 3.63) is 75.3 Å². The molecule has 0 amide bonds. The number of fused-ring (bicyclic) bond motifs is 2. The molecule has 1 N–H and O–H groups in total.